The summed E-state index contributed by atoms with van der Waals surface area (Å²) in [5, 5.41) is 0. The van der Waals surface area contributed by atoms with Crippen molar-refractivity contribution in [2.24, 2.45) is 5.73 Å². The molecule has 0 radical (unpaired) electrons. The van der Waals surface area contributed by atoms with Gasteiger partial charge in [-0.25, -0.2) is 0 Å². The maximum absolute atomic E-state index is 12.5. The molecular formula is C16H19N3O. The number of amides is 1. The highest BCUT2D eigenvalue weighted by Gasteiger charge is 2.21. The first-order valence-corrected chi connectivity index (χ1v) is 6.71. The van der Waals surface area contributed by atoms with Crippen molar-refractivity contribution < 1.29 is 4.79 Å². The number of hydrogen-bond acceptors (Lipinski definition) is 3. The lowest BCUT2D eigenvalue weighted by Crippen LogP contribution is -2.38. The Morgan fingerprint density at radius 3 is 2.50 bits per heavy atom. The van der Waals surface area contributed by atoms with Gasteiger partial charge in [-0.15, -0.1) is 0 Å². The van der Waals surface area contributed by atoms with Crippen molar-refractivity contribution in [1.82, 2.24) is 9.88 Å². The molecule has 4 nitrogen and oxygen atoms in total. The van der Waals surface area contributed by atoms with Crippen LogP contribution in [0.3, 0.4) is 0 Å². The number of aromatic nitrogens is 1. The summed E-state index contributed by atoms with van der Waals surface area (Å²) in [7, 11) is 0. The summed E-state index contributed by atoms with van der Waals surface area (Å²) in [6.07, 6.45) is 1.73. The molecule has 2 N–H and O–H groups in total. The van der Waals surface area contributed by atoms with Crippen molar-refractivity contribution in [2.45, 2.75) is 19.5 Å². The van der Waals surface area contributed by atoms with Crippen molar-refractivity contribution >= 4 is 5.91 Å². The number of likely N-dealkylation sites (N-methyl/N-ethyl adjacent to an activating group) is 1. The van der Waals surface area contributed by atoms with E-state index in [-0.39, 0.29) is 5.91 Å². The molecule has 2 aromatic rings. The molecule has 4 heteroatoms. The van der Waals surface area contributed by atoms with Crippen LogP contribution in [0.2, 0.25) is 0 Å². The zero-order valence-electron chi connectivity index (χ0n) is 11.6. The fourth-order valence-corrected chi connectivity index (χ4v) is 2.03. The number of rotatable bonds is 5. The van der Waals surface area contributed by atoms with Gasteiger partial charge in [0.2, 0.25) is 5.91 Å². The largest absolute Gasteiger partial charge is 0.335 e. The minimum atomic E-state index is -0.625. The Bertz CT molecular complexity index is 542. The van der Waals surface area contributed by atoms with Crippen molar-refractivity contribution in [3.8, 4) is 0 Å². The standard InChI is InChI=1S/C16H19N3O/c1-2-19(12-14-10-6-7-11-18-14)16(20)15(17)13-8-4-3-5-9-13/h3-11,15H,2,12,17H2,1H3/t15-/m0/s1. The normalized spacial score (nSPS) is 11.9. The van der Waals surface area contributed by atoms with E-state index in [4.69, 9.17) is 5.73 Å². The summed E-state index contributed by atoms with van der Waals surface area (Å²) >= 11 is 0. The van der Waals surface area contributed by atoms with Gasteiger partial charge in [-0.3, -0.25) is 9.78 Å². The maximum Gasteiger partial charge on any atom is 0.244 e. The summed E-state index contributed by atoms with van der Waals surface area (Å²) in [6, 6.07) is 14.5. The van der Waals surface area contributed by atoms with Crippen LogP contribution in [0.15, 0.2) is 54.7 Å². The first kappa shape index (κ1) is 14.2. The monoisotopic (exact) mass is 269 g/mol. The van der Waals surface area contributed by atoms with E-state index >= 15 is 0 Å². The summed E-state index contributed by atoms with van der Waals surface area (Å²) < 4.78 is 0. The van der Waals surface area contributed by atoms with Gasteiger partial charge in [0.1, 0.15) is 6.04 Å². The zero-order chi connectivity index (χ0) is 14.4. The Morgan fingerprint density at radius 1 is 1.20 bits per heavy atom. The van der Waals surface area contributed by atoms with Crippen LogP contribution in [-0.4, -0.2) is 22.3 Å². The quantitative estimate of drug-likeness (QED) is 0.904. The average molecular weight is 269 g/mol. The Labute approximate surface area is 119 Å². The Hall–Kier alpha value is -2.20. The predicted molar refractivity (Wildman–Crippen MR) is 78.7 cm³/mol. The number of hydrogen-bond donors (Lipinski definition) is 1. The van der Waals surface area contributed by atoms with E-state index < -0.39 is 6.04 Å². The molecule has 0 aliphatic carbocycles. The predicted octanol–water partition coefficient (Wildman–Crippen LogP) is 2.13. The molecule has 0 spiro atoms. The summed E-state index contributed by atoms with van der Waals surface area (Å²) in [4.78, 5) is 18.4. The van der Waals surface area contributed by atoms with Crippen LogP contribution in [0.5, 0.6) is 0 Å². The second kappa shape index (κ2) is 6.82. The molecule has 1 atom stereocenters. The van der Waals surface area contributed by atoms with Crippen molar-refractivity contribution in [1.29, 1.82) is 0 Å². The molecule has 0 bridgehead atoms. The van der Waals surface area contributed by atoms with Gasteiger partial charge in [-0.2, -0.15) is 0 Å². The van der Waals surface area contributed by atoms with Gasteiger partial charge in [0.15, 0.2) is 0 Å². The highest BCUT2D eigenvalue weighted by atomic mass is 16.2. The Kier molecular flexibility index (Phi) is 4.85. The van der Waals surface area contributed by atoms with Crippen molar-refractivity contribution in [3.63, 3.8) is 0 Å². The van der Waals surface area contributed by atoms with Gasteiger partial charge in [-0.1, -0.05) is 36.4 Å². The number of carbonyl (C=O) groups is 1. The highest BCUT2D eigenvalue weighted by Crippen LogP contribution is 2.14. The molecule has 0 saturated carbocycles. The fourth-order valence-electron chi connectivity index (χ4n) is 2.03. The molecule has 0 aliphatic rings. The molecule has 104 valence electrons. The molecule has 0 aliphatic heterocycles. The molecule has 1 heterocycles. The van der Waals surface area contributed by atoms with E-state index in [1.54, 1.807) is 11.1 Å². The molecule has 1 amide bonds. The fraction of sp³-hybridized carbons (Fsp3) is 0.250. The number of benzene rings is 1. The summed E-state index contributed by atoms with van der Waals surface area (Å²) in [5.41, 5.74) is 7.75. The van der Waals surface area contributed by atoms with Crippen LogP contribution in [0, 0.1) is 0 Å². The summed E-state index contributed by atoms with van der Waals surface area (Å²) in [5.74, 6) is -0.0793. The van der Waals surface area contributed by atoms with E-state index in [0.717, 1.165) is 11.3 Å². The number of nitrogens with zero attached hydrogens (tertiary/aromatic N) is 2. The lowest BCUT2D eigenvalue weighted by Gasteiger charge is -2.24. The Morgan fingerprint density at radius 2 is 1.90 bits per heavy atom. The Balaban J connectivity index is 2.09. The third-order valence-corrected chi connectivity index (χ3v) is 3.20. The van der Waals surface area contributed by atoms with Crippen LogP contribution in [0.4, 0.5) is 0 Å². The number of carbonyl (C=O) groups excluding carboxylic acids is 1. The lowest BCUT2D eigenvalue weighted by molar-refractivity contribution is -0.133. The van der Waals surface area contributed by atoms with Gasteiger partial charge < -0.3 is 10.6 Å². The van der Waals surface area contributed by atoms with Crippen molar-refractivity contribution in [3.05, 3.63) is 66.0 Å². The molecule has 20 heavy (non-hydrogen) atoms. The van der Waals surface area contributed by atoms with Crippen LogP contribution in [0.25, 0.3) is 0 Å². The maximum atomic E-state index is 12.5. The molecule has 0 fully saturated rings. The van der Waals surface area contributed by atoms with Gasteiger partial charge in [0, 0.05) is 12.7 Å². The topological polar surface area (TPSA) is 59.2 Å². The van der Waals surface area contributed by atoms with Crippen LogP contribution < -0.4 is 5.73 Å². The third-order valence-electron chi connectivity index (χ3n) is 3.20. The molecule has 0 saturated heterocycles. The van der Waals surface area contributed by atoms with Gasteiger partial charge in [-0.05, 0) is 24.6 Å². The van der Waals surface area contributed by atoms with E-state index in [1.807, 2.05) is 55.5 Å². The smallest absolute Gasteiger partial charge is 0.244 e. The van der Waals surface area contributed by atoms with E-state index in [0.29, 0.717) is 13.1 Å². The van der Waals surface area contributed by atoms with E-state index in [2.05, 4.69) is 4.98 Å². The second-order valence-electron chi connectivity index (χ2n) is 4.56. The third kappa shape index (κ3) is 3.42. The molecule has 0 unspecified atom stereocenters. The molecule has 1 aromatic heterocycles. The molecule has 1 aromatic carbocycles. The number of pyridine rings is 1. The summed E-state index contributed by atoms with van der Waals surface area (Å²) in [6.45, 7) is 3.03. The average Bonchev–Trinajstić information content (AvgIpc) is 2.53. The minimum Gasteiger partial charge on any atom is -0.335 e. The lowest BCUT2D eigenvalue weighted by atomic mass is 10.1. The minimum absolute atomic E-state index is 0.0793. The van der Waals surface area contributed by atoms with Crippen LogP contribution >= 0.6 is 0 Å². The second-order valence-corrected chi connectivity index (χ2v) is 4.56. The first-order chi connectivity index (χ1) is 9.72. The number of nitrogens with two attached hydrogens (primary N) is 1. The molecule has 2 rings (SSSR count). The van der Waals surface area contributed by atoms with Crippen LogP contribution in [0.1, 0.15) is 24.2 Å². The van der Waals surface area contributed by atoms with E-state index in [9.17, 15) is 4.79 Å². The van der Waals surface area contributed by atoms with Gasteiger partial charge in [0.25, 0.3) is 0 Å². The van der Waals surface area contributed by atoms with Gasteiger partial charge in [0.05, 0.1) is 12.2 Å². The SMILES string of the molecule is CCN(Cc1ccccn1)C(=O)[C@@H](N)c1ccccc1. The zero-order valence-corrected chi connectivity index (χ0v) is 11.6. The molecular weight excluding hydrogens is 250 g/mol. The van der Waals surface area contributed by atoms with E-state index in [1.165, 1.54) is 0 Å². The van der Waals surface area contributed by atoms with Crippen LogP contribution in [-0.2, 0) is 11.3 Å². The van der Waals surface area contributed by atoms with Gasteiger partial charge >= 0.3 is 0 Å². The van der Waals surface area contributed by atoms with Crippen molar-refractivity contribution in [2.75, 3.05) is 6.54 Å². The highest BCUT2D eigenvalue weighted by molar-refractivity contribution is 5.83. The first-order valence-electron chi connectivity index (χ1n) is 6.71.